The first kappa shape index (κ1) is 22.1. The van der Waals surface area contributed by atoms with Gasteiger partial charge in [-0.3, -0.25) is 19.9 Å². The number of aromatic nitrogens is 1. The lowest BCUT2D eigenvalue weighted by molar-refractivity contribution is -0.125. The summed E-state index contributed by atoms with van der Waals surface area (Å²) in [5.41, 5.74) is 6.60. The van der Waals surface area contributed by atoms with Gasteiger partial charge >= 0.3 is 6.03 Å². The van der Waals surface area contributed by atoms with E-state index in [1.165, 1.54) is 24.1 Å². The highest BCUT2D eigenvalue weighted by molar-refractivity contribution is 6.08. The molecule has 2 aromatic carbocycles. The number of imide groups is 1. The Morgan fingerprint density at radius 3 is 2.58 bits per heavy atom. The molecule has 192 valence electrons. The van der Waals surface area contributed by atoms with Crippen LogP contribution in [0.2, 0.25) is 0 Å². The maximum atomic E-state index is 12.7. The summed E-state index contributed by atoms with van der Waals surface area (Å²) < 4.78 is 0. The molecule has 1 aromatic heterocycles. The Balaban J connectivity index is 1.12. The monoisotopic (exact) mass is 507 g/mol. The molecule has 5 aliphatic rings. The van der Waals surface area contributed by atoms with Crippen LogP contribution in [0.4, 0.5) is 16.2 Å². The van der Waals surface area contributed by atoms with E-state index in [9.17, 15) is 14.4 Å². The molecule has 4 heterocycles. The van der Waals surface area contributed by atoms with Gasteiger partial charge in [0.15, 0.2) is 0 Å². The van der Waals surface area contributed by atoms with E-state index in [-0.39, 0.29) is 23.3 Å². The highest BCUT2D eigenvalue weighted by Crippen LogP contribution is 2.55. The first-order valence-electron chi connectivity index (χ1n) is 13.5. The Kier molecular flexibility index (Phi) is 4.26. The summed E-state index contributed by atoms with van der Waals surface area (Å²) >= 11 is 0. The van der Waals surface area contributed by atoms with Crippen molar-refractivity contribution in [2.24, 2.45) is 5.92 Å². The Morgan fingerprint density at radius 1 is 1.00 bits per heavy atom. The second kappa shape index (κ2) is 7.34. The van der Waals surface area contributed by atoms with Crippen LogP contribution in [-0.4, -0.2) is 46.9 Å². The van der Waals surface area contributed by atoms with Gasteiger partial charge in [-0.2, -0.15) is 0 Å². The summed E-state index contributed by atoms with van der Waals surface area (Å²) in [5.74, 6) is 0.629. The molecule has 1 saturated carbocycles. The number of hydrogen-bond acceptors (Lipinski definition) is 5. The summed E-state index contributed by atoms with van der Waals surface area (Å²) in [6.07, 6.45) is 5.19. The lowest BCUT2D eigenvalue weighted by atomic mass is 9.72. The van der Waals surface area contributed by atoms with Crippen molar-refractivity contribution in [2.75, 3.05) is 23.8 Å². The molecule has 3 aliphatic heterocycles. The van der Waals surface area contributed by atoms with Crippen molar-refractivity contribution in [3.05, 3.63) is 64.8 Å². The molecule has 38 heavy (non-hydrogen) atoms. The minimum Gasteiger partial charge on any atom is -0.364 e. The Hall–Kier alpha value is -3.94. The molecule has 1 saturated heterocycles. The topological polar surface area (TPSA) is 94.6 Å². The number of nitrogens with zero attached hydrogens (tertiary/aromatic N) is 3. The number of fused-ring (bicyclic) bond motifs is 2. The molecule has 2 aliphatic carbocycles. The molecule has 4 amide bonds. The van der Waals surface area contributed by atoms with Gasteiger partial charge in [0.1, 0.15) is 5.54 Å². The lowest BCUT2D eigenvalue weighted by Gasteiger charge is -2.35. The van der Waals surface area contributed by atoms with Crippen LogP contribution < -0.4 is 15.5 Å². The summed E-state index contributed by atoms with van der Waals surface area (Å²) in [5, 5.41) is 6.63. The first-order chi connectivity index (χ1) is 18.3. The zero-order valence-electron chi connectivity index (χ0n) is 21.3. The van der Waals surface area contributed by atoms with Crippen LogP contribution in [0.5, 0.6) is 0 Å². The molecular formula is C30H29N5O3. The number of amides is 4. The Labute approximate surface area is 220 Å². The molecule has 0 bridgehead atoms. The fourth-order valence-electron chi connectivity index (χ4n) is 7.55. The maximum absolute atomic E-state index is 12.7. The van der Waals surface area contributed by atoms with Gasteiger partial charge in [-0.15, -0.1) is 0 Å². The van der Waals surface area contributed by atoms with E-state index < -0.39 is 5.54 Å². The molecule has 2 unspecified atom stereocenters. The van der Waals surface area contributed by atoms with Crippen molar-refractivity contribution < 1.29 is 14.4 Å². The van der Waals surface area contributed by atoms with E-state index in [1.54, 1.807) is 11.9 Å². The third-order valence-corrected chi connectivity index (χ3v) is 9.53. The van der Waals surface area contributed by atoms with Crippen LogP contribution in [0.25, 0.3) is 10.9 Å². The van der Waals surface area contributed by atoms with E-state index in [2.05, 4.69) is 45.9 Å². The molecule has 2 N–H and O–H groups in total. The largest absolute Gasteiger partial charge is 0.364 e. The molecule has 8 nitrogen and oxygen atoms in total. The van der Waals surface area contributed by atoms with Gasteiger partial charge in [0.05, 0.1) is 17.8 Å². The van der Waals surface area contributed by atoms with Crippen LogP contribution in [-0.2, 0) is 34.4 Å². The predicted molar refractivity (Wildman–Crippen MR) is 143 cm³/mol. The molecule has 2 fully saturated rings. The number of carbonyl (C=O) groups excluding carboxylic acids is 3. The highest BCUT2D eigenvalue weighted by Gasteiger charge is 2.54. The van der Waals surface area contributed by atoms with E-state index in [1.807, 2.05) is 12.1 Å². The number of hydrogen-bond donors (Lipinski definition) is 2. The summed E-state index contributed by atoms with van der Waals surface area (Å²) in [6.45, 7) is 1.51. The number of carbonyl (C=O) groups is 3. The zero-order chi connectivity index (χ0) is 25.8. The summed E-state index contributed by atoms with van der Waals surface area (Å²) in [4.78, 5) is 46.6. The van der Waals surface area contributed by atoms with Crippen molar-refractivity contribution in [3.63, 3.8) is 0 Å². The third kappa shape index (κ3) is 3.03. The van der Waals surface area contributed by atoms with Crippen molar-refractivity contribution in [3.8, 4) is 0 Å². The minimum absolute atomic E-state index is 0.118. The number of urea groups is 1. The van der Waals surface area contributed by atoms with Gasteiger partial charge in [-0.05, 0) is 53.8 Å². The van der Waals surface area contributed by atoms with Gasteiger partial charge in [-0.1, -0.05) is 25.0 Å². The minimum atomic E-state index is -0.834. The van der Waals surface area contributed by atoms with Gasteiger partial charge in [0, 0.05) is 60.6 Å². The summed E-state index contributed by atoms with van der Waals surface area (Å²) in [6, 6.07) is 14.3. The molecule has 0 radical (unpaired) electrons. The number of pyridine rings is 1. The normalized spacial score (nSPS) is 27.2. The average molecular weight is 508 g/mol. The standard InChI is InChI=1S/C30H29N5O3/c1-34-28(38)33-27(37)30(34)12-19-9-18-7-8-21(31-23(18)10-20(19)13-30)15-35-16-29(11-17-5-6-17)14-25(36)32-22-3-2-4-24(35)26(22)29/h2-4,7-10,17H,5-6,11-16H2,1H3,(H,32,36)(H,33,37,38). The van der Waals surface area contributed by atoms with E-state index >= 15 is 0 Å². The van der Waals surface area contributed by atoms with Crippen molar-refractivity contribution >= 4 is 40.1 Å². The summed E-state index contributed by atoms with van der Waals surface area (Å²) in [7, 11) is 1.70. The SMILES string of the molecule is CN1C(=O)NC(=O)C12Cc1cc3ccc(CN4CC5(CC6CC6)CC(=O)Nc6cccc4c65)nc3cc1C2. The molecule has 8 heteroatoms. The highest BCUT2D eigenvalue weighted by atomic mass is 16.2. The van der Waals surface area contributed by atoms with E-state index in [0.717, 1.165) is 52.3 Å². The van der Waals surface area contributed by atoms with Gasteiger partial charge < -0.3 is 15.1 Å². The predicted octanol–water partition coefficient (Wildman–Crippen LogP) is 3.65. The van der Waals surface area contributed by atoms with Crippen LogP contribution in [0.15, 0.2) is 42.5 Å². The Bertz CT molecular complexity index is 1600. The number of nitrogens with one attached hydrogen (secondary N) is 2. The zero-order valence-corrected chi connectivity index (χ0v) is 21.3. The molecular weight excluding hydrogens is 478 g/mol. The number of benzene rings is 2. The first-order valence-corrected chi connectivity index (χ1v) is 13.5. The molecule has 3 aromatic rings. The average Bonchev–Trinajstić information content (AvgIpc) is 3.47. The van der Waals surface area contributed by atoms with Gasteiger partial charge in [-0.25, -0.2) is 4.79 Å². The maximum Gasteiger partial charge on any atom is 0.324 e. The molecule has 2 atom stereocenters. The van der Waals surface area contributed by atoms with E-state index in [0.29, 0.717) is 25.8 Å². The van der Waals surface area contributed by atoms with Gasteiger partial charge in [0.25, 0.3) is 5.91 Å². The van der Waals surface area contributed by atoms with Crippen LogP contribution in [0.3, 0.4) is 0 Å². The number of rotatable bonds is 4. The number of anilines is 2. The smallest absolute Gasteiger partial charge is 0.324 e. The van der Waals surface area contributed by atoms with Crippen LogP contribution >= 0.6 is 0 Å². The lowest BCUT2D eigenvalue weighted by Crippen LogP contribution is -2.48. The quantitative estimate of drug-likeness (QED) is 0.526. The van der Waals surface area contributed by atoms with E-state index in [4.69, 9.17) is 4.98 Å². The number of likely N-dealkylation sites (N-methyl/N-ethyl adjacent to an activating group) is 1. The molecule has 8 rings (SSSR count). The van der Waals surface area contributed by atoms with Gasteiger partial charge in [0.2, 0.25) is 5.91 Å². The fraction of sp³-hybridized carbons (Fsp3) is 0.400. The second-order valence-electron chi connectivity index (χ2n) is 12.0. The third-order valence-electron chi connectivity index (χ3n) is 9.53. The van der Waals surface area contributed by atoms with Crippen molar-refractivity contribution in [1.29, 1.82) is 0 Å². The second-order valence-corrected chi connectivity index (χ2v) is 12.0. The van der Waals surface area contributed by atoms with Crippen LogP contribution in [0, 0.1) is 5.92 Å². The van der Waals surface area contributed by atoms with Crippen molar-refractivity contribution in [2.45, 2.75) is 56.0 Å². The van der Waals surface area contributed by atoms with Crippen molar-refractivity contribution in [1.82, 2.24) is 15.2 Å². The van der Waals surface area contributed by atoms with Crippen LogP contribution in [0.1, 0.15) is 48.1 Å². The Morgan fingerprint density at radius 2 is 1.82 bits per heavy atom. The molecule has 1 spiro atoms. The fourth-order valence-corrected chi connectivity index (χ4v) is 7.55.